The van der Waals surface area contributed by atoms with Crippen LogP contribution in [0.15, 0.2) is 120 Å². The van der Waals surface area contributed by atoms with Crippen molar-refractivity contribution >= 4 is 28.5 Å². The first-order chi connectivity index (χ1) is 20.1. The van der Waals surface area contributed by atoms with Crippen molar-refractivity contribution < 1.29 is 22.3 Å². The van der Waals surface area contributed by atoms with Gasteiger partial charge in [-0.2, -0.15) is 0 Å². The highest BCUT2D eigenvalue weighted by Crippen LogP contribution is 2.37. The molecule has 1 aliphatic rings. The van der Waals surface area contributed by atoms with Gasteiger partial charge in [0, 0.05) is 20.1 Å². The van der Waals surface area contributed by atoms with E-state index in [0.717, 1.165) is 12.8 Å². The molecule has 4 rings (SSSR count). The van der Waals surface area contributed by atoms with Gasteiger partial charge in [0.25, 0.3) is 8.32 Å². The molecule has 0 aromatic heterocycles. The standard InChI is InChI=1S/C35H44O5SSi/c1-34(2,3)42(32-22-12-6-13-23-32,33-24-14-7-15-25-33)39-28-16-8-9-18-30-19-17-26-35(38-4,40-30)27-29-41(36,37)31-20-10-5-11-21-31/h5-7,9-15,17-18,20-26,30H,8,16,19,27-29H2,1-4H3/b18-9+/t30-,35-/m1/s1. The molecule has 224 valence electrons. The van der Waals surface area contributed by atoms with Crippen LogP contribution in [0, 0.1) is 0 Å². The van der Waals surface area contributed by atoms with Crippen molar-refractivity contribution in [2.45, 2.75) is 68.3 Å². The average Bonchev–Trinajstić information content (AvgIpc) is 3.01. The van der Waals surface area contributed by atoms with Crippen LogP contribution in [0.25, 0.3) is 0 Å². The number of unbranched alkanes of at least 4 members (excludes halogenated alkanes) is 1. The molecule has 5 nitrogen and oxygen atoms in total. The van der Waals surface area contributed by atoms with Crippen LogP contribution >= 0.6 is 0 Å². The molecule has 0 aliphatic carbocycles. The van der Waals surface area contributed by atoms with E-state index in [-0.39, 0.29) is 23.3 Å². The molecule has 0 amide bonds. The summed E-state index contributed by atoms with van der Waals surface area (Å²) in [4.78, 5) is 0.313. The predicted octanol–water partition coefficient (Wildman–Crippen LogP) is 6.45. The van der Waals surface area contributed by atoms with Gasteiger partial charge in [0.2, 0.25) is 0 Å². The number of hydrogen-bond acceptors (Lipinski definition) is 5. The quantitative estimate of drug-likeness (QED) is 0.127. The molecule has 0 N–H and O–H groups in total. The number of hydrogen-bond donors (Lipinski definition) is 0. The Labute approximate surface area is 253 Å². The van der Waals surface area contributed by atoms with Gasteiger partial charge in [-0.05, 0) is 52.9 Å². The maximum atomic E-state index is 12.8. The van der Waals surface area contributed by atoms with E-state index in [1.165, 1.54) is 10.4 Å². The van der Waals surface area contributed by atoms with E-state index >= 15 is 0 Å². The Bertz CT molecular complexity index is 1380. The zero-order valence-electron chi connectivity index (χ0n) is 25.2. The van der Waals surface area contributed by atoms with Gasteiger partial charge in [0.1, 0.15) is 0 Å². The zero-order valence-corrected chi connectivity index (χ0v) is 27.1. The highest BCUT2D eigenvalue weighted by molar-refractivity contribution is 7.91. The minimum Gasteiger partial charge on any atom is -0.407 e. The van der Waals surface area contributed by atoms with Crippen molar-refractivity contribution in [1.82, 2.24) is 0 Å². The van der Waals surface area contributed by atoms with Crippen LogP contribution in [0.1, 0.15) is 46.5 Å². The van der Waals surface area contributed by atoms with E-state index in [4.69, 9.17) is 13.9 Å². The van der Waals surface area contributed by atoms with Crippen LogP contribution in [0.5, 0.6) is 0 Å². The molecular formula is C35H44O5SSi. The number of rotatable bonds is 13. The van der Waals surface area contributed by atoms with E-state index in [1.54, 1.807) is 37.4 Å². The van der Waals surface area contributed by atoms with Crippen LogP contribution in [-0.2, 0) is 23.7 Å². The van der Waals surface area contributed by atoms with Crippen molar-refractivity contribution in [1.29, 1.82) is 0 Å². The lowest BCUT2D eigenvalue weighted by Crippen LogP contribution is -2.66. The van der Waals surface area contributed by atoms with Gasteiger partial charge in [0.05, 0.1) is 16.8 Å². The van der Waals surface area contributed by atoms with Crippen LogP contribution < -0.4 is 10.4 Å². The van der Waals surface area contributed by atoms with Crippen molar-refractivity contribution in [3.8, 4) is 0 Å². The fraction of sp³-hybridized carbons (Fsp3) is 0.371. The third-order valence-electron chi connectivity index (χ3n) is 7.86. The first-order valence-corrected chi connectivity index (χ1v) is 18.3. The van der Waals surface area contributed by atoms with Crippen LogP contribution in [-0.4, -0.2) is 48.1 Å². The second kappa shape index (κ2) is 14.1. The molecule has 1 aliphatic heterocycles. The molecule has 0 bridgehead atoms. The Morgan fingerprint density at radius 3 is 2.05 bits per heavy atom. The topological polar surface area (TPSA) is 61.8 Å². The molecule has 42 heavy (non-hydrogen) atoms. The Kier molecular flexibility index (Phi) is 10.8. The lowest BCUT2D eigenvalue weighted by Gasteiger charge is -2.43. The highest BCUT2D eigenvalue weighted by Gasteiger charge is 2.49. The van der Waals surface area contributed by atoms with E-state index < -0.39 is 23.9 Å². The molecule has 3 aromatic rings. The summed E-state index contributed by atoms with van der Waals surface area (Å²) < 4.78 is 44.7. The SMILES string of the molecule is CO[C@]1(CCS(=O)(=O)c2ccccc2)C=CC[C@@H](/C=C/CCCO[Si](c2ccccc2)(c2ccccc2)C(C)(C)C)O1. The van der Waals surface area contributed by atoms with Crippen LogP contribution in [0.4, 0.5) is 0 Å². The Morgan fingerprint density at radius 1 is 0.929 bits per heavy atom. The van der Waals surface area contributed by atoms with Gasteiger partial charge >= 0.3 is 0 Å². The van der Waals surface area contributed by atoms with Crippen molar-refractivity contribution in [3.63, 3.8) is 0 Å². The normalized spacial score (nSPS) is 19.8. The number of benzene rings is 3. The summed E-state index contributed by atoms with van der Waals surface area (Å²) in [6.07, 6.45) is 10.5. The molecule has 0 spiro atoms. The van der Waals surface area contributed by atoms with Gasteiger partial charge in [0.15, 0.2) is 15.6 Å². The molecule has 7 heteroatoms. The number of sulfone groups is 1. The van der Waals surface area contributed by atoms with Crippen molar-refractivity contribution in [3.05, 3.63) is 115 Å². The summed E-state index contributed by atoms with van der Waals surface area (Å²) in [7, 11) is -4.41. The second-order valence-corrected chi connectivity index (χ2v) is 18.2. The van der Waals surface area contributed by atoms with E-state index in [0.29, 0.717) is 17.9 Å². The molecular weight excluding hydrogens is 561 g/mol. The summed E-state index contributed by atoms with van der Waals surface area (Å²) in [5.41, 5.74) is 0. The van der Waals surface area contributed by atoms with Gasteiger partial charge < -0.3 is 13.9 Å². The van der Waals surface area contributed by atoms with E-state index in [9.17, 15) is 8.42 Å². The fourth-order valence-electron chi connectivity index (χ4n) is 5.66. The summed E-state index contributed by atoms with van der Waals surface area (Å²) >= 11 is 0. The smallest absolute Gasteiger partial charge is 0.261 e. The lowest BCUT2D eigenvalue weighted by molar-refractivity contribution is -0.210. The Balaban J connectivity index is 1.36. The third-order valence-corrected chi connectivity index (χ3v) is 14.6. The Morgan fingerprint density at radius 2 is 1.50 bits per heavy atom. The van der Waals surface area contributed by atoms with Gasteiger partial charge in [-0.3, -0.25) is 0 Å². The monoisotopic (exact) mass is 604 g/mol. The fourth-order valence-corrected chi connectivity index (χ4v) is 11.6. The molecule has 2 atom stereocenters. The van der Waals surface area contributed by atoms with Gasteiger partial charge in [-0.25, -0.2) is 8.42 Å². The lowest BCUT2D eigenvalue weighted by atomic mass is 10.1. The summed E-state index contributed by atoms with van der Waals surface area (Å²) in [6, 6.07) is 29.9. The molecule has 0 saturated carbocycles. The molecule has 0 unspecified atom stereocenters. The molecule has 0 saturated heterocycles. The van der Waals surface area contributed by atoms with Gasteiger partial charge in [-0.15, -0.1) is 0 Å². The number of allylic oxidation sites excluding steroid dienone is 1. The van der Waals surface area contributed by atoms with Crippen molar-refractivity contribution in [2.24, 2.45) is 0 Å². The van der Waals surface area contributed by atoms with Crippen LogP contribution in [0.2, 0.25) is 5.04 Å². The first kappa shape index (κ1) is 32.1. The average molecular weight is 605 g/mol. The minimum atomic E-state index is -3.44. The zero-order chi connectivity index (χ0) is 30.1. The number of ether oxygens (including phenoxy) is 2. The predicted molar refractivity (Wildman–Crippen MR) is 173 cm³/mol. The van der Waals surface area contributed by atoms with E-state index in [2.05, 4.69) is 93.6 Å². The summed E-state index contributed by atoms with van der Waals surface area (Å²) in [5.74, 6) is -1.13. The summed E-state index contributed by atoms with van der Waals surface area (Å²) in [5, 5.41) is 2.52. The molecule has 1 heterocycles. The maximum Gasteiger partial charge on any atom is 0.261 e. The van der Waals surface area contributed by atoms with Gasteiger partial charge in [-0.1, -0.05) is 118 Å². The summed E-state index contributed by atoms with van der Waals surface area (Å²) in [6.45, 7) is 7.53. The van der Waals surface area contributed by atoms with Crippen LogP contribution in [0.3, 0.4) is 0 Å². The maximum absolute atomic E-state index is 12.8. The largest absolute Gasteiger partial charge is 0.407 e. The highest BCUT2D eigenvalue weighted by atomic mass is 32.2. The minimum absolute atomic E-state index is 0.0503. The first-order valence-electron chi connectivity index (χ1n) is 14.7. The van der Waals surface area contributed by atoms with E-state index in [1.807, 2.05) is 12.2 Å². The third kappa shape index (κ3) is 7.57. The molecule has 3 aromatic carbocycles. The number of methoxy groups -OCH3 is 1. The molecule has 0 radical (unpaired) electrons. The molecule has 0 fully saturated rings. The second-order valence-electron chi connectivity index (χ2n) is 11.8. The Hall–Kier alpha value is -2.81. The van der Waals surface area contributed by atoms with Crippen molar-refractivity contribution in [2.75, 3.05) is 19.5 Å².